The van der Waals surface area contributed by atoms with Gasteiger partial charge in [-0.3, -0.25) is 14.3 Å². The van der Waals surface area contributed by atoms with Gasteiger partial charge in [-0.2, -0.15) is 0 Å². The van der Waals surface area contributed by atoms with Crippen molar-refractivity contribution in [2.45, 2.75) is 18.4 Å². The fourth-order valence-electron chi connectivity index (χ4n) is 2.89. The highest BCUT2D eigenvalue weighted by molar-refractivity contribution is 8.08. The van der Waals surface area contributed by atoms with Crippen molar-refractivity contribution in [3.05, 3.63) is 72.9 Å². The second kappa shape index (κ2) is 6.95. The molecule has 0 bridgehead atoms. The second-order valence-corrected chi connectivity index (χ2v) is 8.32. The van der Waals surface area contributed by atoms with Gasteiger partial charge in [0.2, 0.25) is 0 Å². The number of benzene rings is 1. The van der Waals surface area contributed by atoms with Gasteiger partial charge in [0.25, 0.3) is 5.56 Å². The maximum Gasteiger partial charge on any atom is 0.271 e. The molecule has 0 amide bonds. The van der Waals surface area contributed by atoms with Gasteiger partial charge in [0.1, 0.15) is 9.56 Å². The molecule has 2 aromatic heterocycles. The van der Waals surface area contributed by atoms with E-state index in [0.29, 0.717) is 11.6 Å². The highest BCUT2D eigenvalue weighted by Crippen LogP contribution is 2.46. The van der Waals surface area contributed by atoms with Gasteiger partial charge in [-0.25, -0.2) is 0 Å². The zero-order valence-electron chi connectivity index (χ0n) is 14.3. The predicted molar refractivity (Wildman–Crippen MR) is 110 cm³/mol. The molecule has 0 saturated carbocycles. The van der Waals surface area contributed by atoms with E-state index in [2.05, 4.69) is 9.88 Å². The number of anilines is 1. The maximum absolute atomic E-state index is 13.0. The monoisotopic (exact) mass is 401 g/mol. The summed E-state index contributed by atoms with van der Waals surface area (Å²) in [6.07, 6.45) is 5.54. The third kappa shape index (κ3) is 2.98. The number of pyridine rings is 1. The van der Waals surface area contributed by atoms with Crippen molar-refractivity contribution in [2.24, 2.45) is 0 Å². The summed E-state index contributed by atoms with van der Waals surface area (Å²) in [6.45, 7) is 2.62. The number of thioether (sulfide) groups is 1. The summed E-state index contributed by atoms with van der Waals surface area (Å²) in [5, 5.41) is 1.65. The molecule has 1 aliphatic heterocycles. The lowest BCUT2D eigenvalue weighted by Crippen LogP contribution is -2.33. The SMILES string of the molecule is CCn1c(=O)/c(=C2\Sc3ccc(Cl)cc3N2C)s/c1=C/c1ccncc1. The first-order valence-corrected chi connectivity index (χ1v) is 10.2. The Kier molecular flexibility index (Phi) is 4.65. The van der Waals surface area contributed by atoms with Crippen molar-refractivity contribution in [2.75, 3.05) is 11.9 Å². The average molecular weight is 402 g/mol. The van der Waals surface area contributed by atoms with Crippen LogP contribution in [0.3, 0.4) is 0 Å². The van der Waals surface area contributed by atoms with Crippen LogP contribution in [0.25, 0.3) is 11.1 Å². The van der Waals surface area contributed by atoms with Crippen LogP contribution in [0, 0.1) is 0 Å². The summed E-state index contributed by atoms with van der Waals surface area (Å²) >= 11 is 9.28. The van der Waals surface area contributed by atoms with Crippen LogP contribution < -0.4 is 19.7 Å². The Morgan fingerprint density at radius 1 is 1.23 bits per heavy atom. The number of hydrogen-bond donors (Lipinski definition) is 0. The van der Waals surface area contributed by atoms with Gasteiger partial charge in [0, 0.05) is 35.9 Å². The van der Waals surface area contributed by atoms with Crippen LogP contribution in [0.1, 0.15) is 12.5 Å². The van der Waals surface area contributed by atoms with Gasteiger partial charge in [-0.05, 0) is 48.9 Å². The fourth-order valence-corrected chi connectivity index (χ4v) is 5.51. The number of aromatic nitrogens is 2. The molecule has 0 N–H and O–H groups in total. The summed E-state index contributed by atoms with van der Waals surface area (Å²) in [7, 11) is 1.98. The molecular formula is C19H16ClN3OS2. The van der Waals surface area contributed by atoms with E-state index in [4.69, 9.17) is 11.6 Å². The van der Waals surface area contributed by atoms with E-state index >= 15 is 0 Å². The van der Waals surface area contributed by atoms with Crippen LogP contribution in [0.15, 0.2) is 52.4 Å². The standard InChI is InChI=1S/C19H16ClN3OS2/c1-3-23-16(10-12-6-8-21-9-7-12)26-17(18(23)24)19-22(2)14-11-13(20)4-5-15(14)25-19/h4-11H,3H2,1-2H3/b16-10+,19-17+. The van der Waals surface area contributed by atoms with E-state index in [1.54, 1.807) is 24.2 Å². The summed E-state index contributed by atoms with van der Waals surface area (Å²) in [6, 6.07) is 9.69. The number of halogens is 1. The molecule has 0 unspecified atom stereocenters. The summed E-state index contributed by atoms with van der Waals surface area (Å²) in [4.78, 5) is 20.2. The molecule has 7 heteroatoms. The number of fused-ring (bicyclic) bond motifs is 1. The molecule has 4 rings (SSSR count). The molecular weight excluding hydrogens is 386 g/mol. The smallest absolute Gasteiger partial charge is 0.271 e. The van der Waals surface area contributed by atoms with Gasteiger partial charge in [0.05, 0.1) is 10.4 Å². The predicted octanol–water partition coefficient (Wildman–Crippen LogP) is 3.11. The Bertz CT molecular complexity index is 1150. The van der Waals surface area contributed by atoms with Crippen molar-refractivity contribution in [3.8, 4) is 0 Å². The minimum Gasteiger partial charge on any atom is -0.337 e. The van der Waals surface area contributed by atoms with Crippen molar-refractivity contribution < 1.29 is 0 Å². The molecule has 0 aliphatic carbocycles. The zero-order valence-corrected chi connectivity index (χ0v) is 16.7. The first-order chi connectivity index (χ1) is 12.6. The molecule has 0 spiro atoms. The third-order valence-corrected chi connectivity index (χ3v) is 6.93. The van der Waals surface area contributed by atoms with Crippen LogP contribution >= 0.6 is 34.7 Å². The van der Waals surface area contributed by atoms with E-state index in [-0.39, 0.29) is 5.56 Å². The van der Waals surface area contributed by atoms with Crippen molar-refractivity contribution >= 4 is 51.5 Å². The Morgan fingerprint density at radius 3 is 2.73 bits per heavy atom. The van der Waals surface area contributed by atoms with Crippen molar-refractivity contribution in [1.82, 2.24) is 9.55 Å². The number of nitrogens with zero attached hydrogens (tertiary/aromatic N) is 3. The van der Waals surface area contributed by atoms with Crippen LogP contribution in [-0.2, 0) is 6.54 Å². The Balaban J connectivity index is 1.93. The zero-order chi connectivity index (χ0) is 18.3. The van der Waals surface area contributed by atoms with Crippen molar-refractivity contribution in [1.29, 1.82) is 0 Å². The Hall–Kier alpha value is -2.02. The lowest BCUT2D eigenvalue weighted by Gasteiger charge is -2.12. The first-order valence-electron chi connectivity index (χ1n) is 8.15. The number of rotatable bonds is 2. The largest absolute Gasteiger partial charge is 0.337 e. The molecule has 26 heavy (non-hydrogen) atoms. The minimum atomic E-state index is 0.0473. The quantitative estimate of drug-likeness (QED) is 0.661. The average Bonchev–Trinajstić information content (AvgIpc) is 3.12. The minimum absolute atomic E-state index is 0.0473. The molecule has 0 fully saturated rings. The normalized spacial score (nSPS) is 16.3. The van der Waals surface area contributed by atoms with E-state index < -0.39 is 0 Å². The molecule has 3 aromatic rings. The van der Waals surface area contributed by atoms with E-state index in [1.165, 1.54) is 11.3 Å². The Labute approximate surface area is 164 Å². The molecule has 0 saturated heterocycles. The van der Waals surface area contributed by atoms with E-state index in [9.17, 15) is 4.79 Å². The van der Waals surface area contributed by atoms with Crippen molar-refractivity contribution in [3.63, 3.8) is 0 Å². The molecule has 132 valence electrons. The summed E-state index contributed by atoms with van der Waals surface area (Å²) in [5.74, 6) is 0. The van der Waals surface area contributed by atoms with E-state index in [0.717, 1.165) is 30.4 Å². The van der Waals surface area contributed by atoms with Gasteiger partial charge in [-0.15, -0.1) is 11.3 Å². The number of hydrogen-bond acceptors (Lipinski definition) is 5. The highest BCUT2D eigenvalue weighted by atomic mass is 35.5. The topological polar surface area (TPSA) is 38.1 Å². The molecule has 0 radical (unpaired) electrons. The maximum atomic E-state index is 13.0. The number of thiazole rings is 1. The summed E-state index contributed by atoms with van der Waals surface area (Å²) in [5.41, 5.74) is 2.11. The summed E-state index contributed by atoms with van der Waals surface area (Å²) < 4.78 is 3.51. The van der Waals surface area contributed by atoms with Crippen LogP contribution in [0.5, 0.6) is 0 Å². The first kappa shape index (κ1) is 17.4. The lowest BCUT2D eigenvalue weighted by molar-refractivity contribution is 0.722. The van der Waals surface area contributed by atoms with Gasteiger partial charge >= 0.3 is 0 Å². The lowest BCUT2D eigenvalue weighted by atomic mass is 10.3. The van der Waals surface area contributed by atoms with Crippen LogP contribution in [0.4, 0.5) is 5.69 Å². The van der Waals surface area contributed by atoms with Gasteiger partial charge in [0.15, 0.2) is 0 Å². The molecule has 4 nitrogen and oxygen atoms in total. The van der Waals surface area contributed by atoms with Crippen LogP contribution in [-0.4, -0.2) is 16.6 Å². The third-order valence-electron chi connectivity index (χ3n) is 4.21. The van der Waals surface area contributed by atoms with Crippen LogP contribution in [0.2, 0.25) is 5.02 Å². The molecule has 3 heterocycles. The van der Waals surface area contributed by atoms with Gasteiger partial charge in [-0.1, -0.05) is 23.4 Å². The molecule has 0 atom stereocenters. The van der Waals surface area contributed by atoms with Gasteiger partial charge < -0.3 is 4.90 Å². The van der Waals surface area contributed by atoms with E-state index in [1.807, 2.05) is 54.9 Å². The highest BCUT2D eigenvalue weighted by Gasteiger charge is 2.24. The molecule has 1 aromatic carbocycles. The molecule has 1 aliphatic rings. The second-order valence-electron chi connectivity index (χ2n) is 5.82. The fraction of sp³-hybridized carbons (Fsp3) is 0.158. The Morgan fingerprint density at radius 2 is 2.00 bits per heavy atom.